The summed E-state index contributed by atoms with van der Waals surface area (Å²) in [7, 11) is 1.72. The summed E-state index contributed by atoms with van der Waals surface area (Å²) in [6.45, 7) is 1.74. The van der Waals surface area contributed by atoms with Gasteiger partial charge < -0.3 is 16.4 Å². The summed E-state index contributed by atoms with van der Waals surface area (Å²) >= 11 is 13.5. The molecule has 1 saturated carbocycles. The topological polar surface area (TPSA) is 90.2 Å². The average molecular weight is 426 g/mol. The fourth-order valence-electron chi connectivity index (χ4n) is 4.08. The third-order valence-corrected chi connectivity index (χ3v) is 7.54. The largest absolute Gasteiger partial charge is 0.382 e. The van der Waals surface area contributed by atoms with E-state index in [2.05, 4.69) is 9.88 Å². The van der Waals surface area contributed by atoms with Crippen LogP contribution in [0.4, 0.5) is 11.8 Å². The summed E-state index contributed by atoms with van der Waals surface area (Å²) < 4.78 is 1.55. The third kappa shape index (κ3) is 3.31. The van der Waals surface area contributed by atoms with Gasteiger partial charge in [0.15, 0.2) is 0 Å². The quantitative estimate of drug-likeness (QED) is 0.784. The molecule has 144 valence electrons. The maximum Gasteiger partial charge on any atom is 0.270 e. The fourth-order valence-corrected chi connectivity index (χ4v) is 5.49. The van der Waals surface area contributed by atoms with Crippen LogP contribution < -0.4 is 21.9 Å². The first-order valence-electron chi connectivity index (χ1n) is 8.78. The lowest BCUT2D eigenvalue weighted by atomic mass is 9.78. The molecular formula is C18H21Cl2N5OS. The van der Waals surface area contributed by atoms with E-state index in [4.69, 9.17) is 34.7 Å². The van der Waals surface area contributed by atoms with E-state index in [1.54, 1.807) is 29.8 Å². The van der Waals surface area contributed by atoms with Crippen LogP contribution in [-0.4, -0.2) is 28.7 Å². The maximum absolute atomic E-state index is 12.9. The van der Waals surface area contributed by atoms with E-state index in [-0.39, 0.29) is 22.8 Å². The van der Waals surface area contributed by atoms with E-state index in [1.165, 1.54) is 11.8 Å². The van der Waals surface area contributed by atoms with E-state index in [0.717, 1.165) is 32.4 Å². The van der Waals surface area contributed by atoms with Gasteiger partial charge in [0, 0.05) is 36.5 Å². The Morgan fingerprint density at radius 2 is 2.07 bits per heavy atom. The van der Waals surface area contributed by atoms with Crippen LogP contribution in [0, 0.1) is 5.41 Å². The normalized spacial score (nSPS) is 20.9. The molecule has 6 nitrogen and oxygen atoms in total. The molecule has 0 radical (unpaired) electrons. The van der Waals surface area contributed by atoms with Crippen molar-refractivity contribution in [1.82, 2.24) is 9.55 Å². The summed E-state index contributed by atoms with van der Waals surface area (Å²) in [5.74, 6) is 0.809. The highest BCUT2D eigenvalue weighted by atomic mass is 35.5. The van der Waals surface area contributed by atoms with Gasteiger partial charge in [-0.3, -0.25) is 9.36 Å². The molecule has 0 bridgehead atoms. The first kappa shape index (κ1) is 18.9. The number of benzene rings is 1. The second kappa shape index (κ2) is 6.88. The molecule has 2 aromatic rings. The molecule has 1 spiro atoms. The van der Waals surface area contributed by atoms with Crippen molar-refractivity contribution in [2.75, 3.05) is 23.7 Å². The van der Waals surface area contributed by atoms with Crippen molar-refractivity contribution in [1.29, 1.82) is 0 Å². The van der Waals surface area contributed by atoms with Gasteiger partial charge in [0.2, 0.25) is 5.95 Å². The highest BCUT2D eigenvalue weighted by molar-refractivity contribution is 7.99. The zero-order chi connectivity index (χ0) is 19.3. The van der Waals surface area contributed by atoms with E-state index >= 15 is 0 Å². The lowest BCUT2D eigenvalue weighted by Crippen LogP contribution is -2.57. The van der Waals surface area contributed by atoms with Gasteiger partial charge in [-0.2, -0.15) is 4.98 Å². The molecule has 27 heavy (non-hydrogen) atoms. The van der Waals surface area contributed by atoms with Crippen LogP contribution in [0.2, 0.25) is 10.0 Å². The van der Waals surface area contributed by atoms with Crippen LogP contribution in [0.3, 0.4) is 0 Å². The first-order valence-corrected chi connectivity index (χ1v) is 10.4. The maximum atomic E-state index is 12.9. The molecule has 1 aliphatic heterocycles. The molecule has 1 aromatic carbocycles. The Morgan fingerprint density at radius 1 is 1.33 bits per heavy atom. The van der Waals surface area contributed by atoms with Gasteiger partial charge >= 0.3 is 0 Å². The third-order valence-electron chi connectivity index (χ3n) is 5.46. The number of aromatic nitrogens is 2. The summed E-state index contributed by atoms with van der Waals surface area (Å²) in [6.07, 6.45) is 3.24. The van der Waals surface area contributed by atoms with Crippen molar-refractivity contribution in [3.8, 4) is 0 Å². The number of nitrogens with zero attached hydrogens (tertiary/aromatic N) is 3. The Kier molecular flexibility index (Phi) is 4.83. The smallest absolute Gasteiger partial charge is 0.270 e. The number of rotatable bonds is 3. The van der Waals surface area contributed by atoms with Crippen LogP contribution in [-0.2, 0) is 7.05 Å². The summed E-state index contributed by atoms with van der Waals surface area (Å²) in [5.41, 5.74) is 12.3. The molecule has 1 atom stereocenters. The van der Waals surface area contributed by atoms with Gasteiger partial charge in [0.25, 0.3) is 5.56 Å². The molecule has 2 heterocycles. The van der Waals surface area contributed by atoms with Crippen molar-refractivity contribution < 1.29 is 0 Å². The Bertz CT molecular complexity index is 957. The van der Waals surface area contributed by atoms with Gasteiger partial charge in [-0.25, -0.2) is 0 Å². The molecule has 4 rings (SSSR count). The van der Waals surface area contributed by atoms with Crippen LogP contribution in [0.5, 0.6) is 0 Å². The molecular weight excluding hydrogens is 405 g/mol. The van der Waals surface area contributed by atoms with Gasteiger partial charge in [-0.15, -0.1) is 0 Å². The molecule has 4 N–H and O–H groups in total. The number of hydrogen-bond donors (Lipinski definition) is 2. The molecule has 0 amide bonds. The SMILES string of the molecule is Cn1c(N2CC3(CCC(N)C3)C2)nc(N)c(Sc2cccc(Cl)c2Cl)c1=O. The highest BCUT2D eigenvalue weighted by Gasteiger charge is 2.48. The minimum Gasteiger partial charge on any atom is -0.382 e. The van der Waals surface area contributed by atoms with Gasteiger partial charge in [0.1, 0.15) is 10.7 Å². The van der Waals surface area contributed by atoms with E-state index in [9.17, 15) is 4.79 Å². The van der Waals surface area contributed by atoms with Crippen molar-refractivity contribution in [2.45, 2.75) is 35.1 Å². The predicted octanol–water partition coefficient (Wildman–Crippen LogP) is 3.14. The van der Waals surface area contributed by atoms with E-state index in [1.807, 2.05) is 0 Å². The Balaban J connectivity index is 1.61. The Labute approximate surface area is 171 Å². The predicted molar refractivity (Wildman–Crippen MR) is 111 cm³/mol. The van der Waals surface area contributed by atoms with Crippen LogP contribution in [0.15, 0.2) is 32.8 Å². The molecule has 1 aliphatic carbocycles. The minimum atomic E-state index is -0.192. The molecule has 1 aromatic heterocycles. The van der Waals surface area contributed by atoms with E-state index < -0.39 is 0 Å². The average Bonchev–Trinajstić information content (AvgIpc) is 2.99. The van der Waals surface area contributed by atoms with Crippen molar-refractivity contribution in [3.63, 3.8) is 0 Å². The summed E-state index contributed by atoms with van der Waals surface area (Å²) in [5, 5.41) is 0.833. The first-order chi connectivity index (χ1) is 12.8. The summed E-state index contributed by atoms with van der Waals surface area (Å²) in [4.78, 5) is 20.6. The zero-order valence-electron chi connectivity index (χ0n) is 14.9. The fraction of sp³-hybridized carbons (Fsp3) is 0.444. The number of hydrogen-bond acceptors (Lipinski definition) is 6. The van der Waals surface area contributed by atoms with Gasteiger partial charge in [-0.1, -0.05) is 41.0 Å². The number of nitrogens with two attached hydrogens (primary N) is 2. The molecule has 9 heteroatoms. The molecule has 2 aliphatic rings. The number of halogens is 2. The van der Waals surface area contributed by atoms with Crippen LogP contribution in [0.25, 0.3) is 0 Å². The van der Waals surface area contributed by atoms with Crippen molar-refractivity contribution in [2.24, 2.45) is 18.2 Å². The monoisotopic (exact) mass is 425 g/mol. The van der Waals surface area contributed by atoms with Crippen molar-refractivity contribution >= 4 is 46.7 Å². The minimum absolute atomic E-state index is 0.192. The lowest BCUT2D eigenvalue weighted by molar-refractivity contribution is 0.214. The lowest BCUT2D eigenvalue weighted by Gasteiger charge is -2.49. The highest BCUT2D eigenvalue weighted by Crippen LogP contribution is 2.46. The number of nitrogen functional groups attached to an aromatic ring is 1. The van der Waals surface area contributed by atoms with Crippen LogP contribution in [0.1, 0.15) is 19.3 Å². The Hall–Kier alpha value is -1.41. The zero-order valence-corrected chi connectivity index (χ0v) is 17.2. The second-order valence-electron chi connectivity index (χ2n) is 7.50. The van der Waals surface area contributed by atoms with Crippen molar-refractivity contribution in [3.05, 3.63) is 38.6 Å². The van der Waals surface area contributed by atoms with E-state index in [0.29, 0.717) is 25.8 Å². The second-order valence-corrected chi connectivity index (χ2v) is 9.34. The Morgan fingerprint density at radius 3 is 2.74 bits per heavy atom. The van der Waals surface area contributed by atoms with Crippen LogP contribution >= 0.6 is 35.0 Å². The summed E-state index contributed by atoms with van der Waals surface area (Å²) in [6, 6.07) is 5.57. The standard InChI is InChI=1S/C18H21Cl2N5OS/c1-24-16(26)14(27-12-4-2-3-11(19)13(12)20)15(22)23-17(24)25-8-18(9-25)6-5-10(21)7-18/h2-4,10H,5-9,21-22H2,1H3. The van der Waals surface area contributed by atoms with Gasteiger partial charge in [-0.05, 0) is 31.4 Å². The molecule has 2 fully saturated rings. The number of anilines is 2. The molecule has 1 saturated heterocycles. The van der Waals surface area contributed by atoms with Gasteiger partial charge in [0.05, 0.1) is 10.0 Å². The molecule has 1 unspecified atom stereocenters.